The summed E-state index contributed by atoms with van der Waals surface area (Å²) in [7, 11) is 3.28. The molecule has 0 unspecified atom stereocenters. The van der Waals surface area contributed by atoms with E-state index in [2.05, 4.69) is 23.1 Å². The first-order valence-corrected chi connectivity index (χ1v) is 9.38. The molecule has 4 aliphatic rings. The zero-order valence-corrected chi connectivity index (χ0v) is 15.7. The van der Waals surface area contributed by atoms with E-state index in [1.165, 1.54) is 16.7 Å². The van der Waals surface area contributed by atoms with Crippen LogP contribution in [0.15, 0.2) is 23.8 Å². The molecule has 0 spiro atoms. The van der Waals surface area contributed by atoms with Gasteiger partial charge in [-0.1, -0.05) is 11.6 Å². The van der Waals surface area contributed by atoms with Crippen molar-refractivity contribution in [1.29, 1.82) is 0 Å². The summed E-state index contributed by atoms with van der Waals surface area (Å²) in [4.78, 5) is 2.54. The van der Waals surface area contributed by atoms with Crippen LogP contribution in [0.1, 0.15) is 23.5 Å². The quantitative estimate of drug-likeness (QED) is 0.557. The highest BCUT2D eigenvalue weighted by molar-refractivity contribution is 5.53. The monoisotopic (exact) mass is 375 g/mol. The van der Waals surface area contributed by atoms with E-state index in [4.69, 9.17) is 28.4 Å². The number of methoxy groups -OCH3 is 2. The lowest BCUT2D eigenvalue weighted by Gasteiger charge is -2.46. The molecule has 0 radical (unpaired) electrons. The predicted molar refractivity (Wildman–Crippen MR) is 95.7 cm³/mol. The van der Waals surface area contributed by atoms with Gasteiger partial charge in [0.1, 0.15) is 19.7 Å². The molecule has 4 atom stereocenters. The summed E-state index contributed by atoms with van der Waals surface area (Å²) in [5.41, 5.74) is 3.97. The molecule has 5 rings (SSSR count). The molecule has 27 heavy (non-hydrogen) atoms. The van der Waals surface area contributed by atoms with Crippen molar-refractivity contribution < 1.29 is 28.4 Å². The van der Waals surface area contributed by atoms with Gasteiger partial charge in [0.15, 0.2) is 11.5 Å². The fraction of sp³-hybridized carbons (Fsp3) is 0.600. The molecular formula is C20H25NO6. The van der Waals surface area contributed by atoms with Gasteiger partial charge in [-0.05, 0) is 29.7 Å². The van der Waals surface area contributed by atoms with Crippen LogP contribution in [0.5, 0.6) is 11.5 Å². The normalized spacial score (nSPS) is 30.8. The molecule has 7 nitrogen and oxygen atoms in total. The van der Waals surface area contributed by atoms with E-state index < -0.39 is 0 Å². The number of nitrogens with zero attached hydrogens (tertiary/aromatic N) is 1. The summed E-state index contributed by atoms with van der Waals surface area (Å²) in [6.45, 7) is 2.71. The molecule has 0 amide bonds. The first kappa shape index (κ1) is 17.5. The minimum absolute atomic E-state index is 0.155. The lowest BCUT2D eigenvalue weighted by molar-refractivity contribution is -0.158. The highest BCUT2D eigenvalue weighted by Crippen LogP contribution is 2.50. The van der Waals surface area contributed by atoms with E-state index >= 15 is 0 Å². The lowest BCUT2D eigenvalue weighted by atomic mass is 9.73. The maximum atomic E-state index is 6.17. The smallest absolute Gasteiger partial charge is 0.231 e. The average Bonchev–Trinajstić information content (AvgIpc) is 3.30. The Morgan fingerprint density at radius 2 is 1.85 bits per heavy atom. The first-order chi connectivity index (χ1) is 13.3. The van der Waals surface area contributed by atoms with Gasteiger partial charge in [-0.15, -0.1) is 0 Å². The van der Waals surface area contributed by atoms with Crippen LogP contribution in [0.4, 0.5) is 0 Å². The number of ether oxygens (including phenoxy) is 6. The highest BCUT2D eigenvalue weighted by Gasteiger charge is 2.50. The zero-order chi connectivity index (χ0) is 18.4. The predicted octanol–water partition coefficient (Wildman–Crippen LogP) is 2.00. The van der Waals surface area contributed by atoms with Crippen LogP contribution in [-0.4, -0.2) is 64.3 Å². The van der Waals surface area contributed by atoms with Crippen molar-refractivity contribution >= 4 is 0 Å². The van der Waals surface area contributed by atoms with Crippen molar-refractivity contribution in [2.75, 3.05) is 41.1 Å². The minimum Gasteiger partial charge on any atom is -0.454 e. The van der Waals surface area contributed by atoms with Crippen molar-refractivity contribution in [2.24, 2.45) is 0 Å². The van der Waals surface area contributed by atoms with E-state index in [-0.39, 0.29) is 38.5 Å². The zero-order valence-electron chi connectivity index (χ0n) is 15.7. The largest absolute Gasteiger partial charge is 0.454 e. The third kappa shape index (κ3) is 2.85. The van der Waals surface area contributed by atoms with Crippen LogP contribution >= 0.6 is 0 Å². The van der Waals surface area contributed by atoms with Gasteiger partial charge in [0, 0.05) is 39.3 Å². The van der Waals surface area contributed by atoms with Crippen LogP contribution in [0.3, 0.4) is 0 Å². The number of fused-ring (bicyclic) bond motifs is 3. The first-order valence-electron chi connectivity index (χ1n) is 9.38. The van der Waals surface area contributed by atoms with Crippen molar-refractivity contribution in [1.82, 2.24) is 4.90 Å². The van der Waals surface area contributed by atoms with E-state index in [1.54, 1.807) is 14.2 Å². The Balaban J connectivity index is 1.58. The van der Waals surface area contributed by atoms with Gasteiger partial charge in [-0.2, -0.15) is 0 Å². The summed E-state index contributed by atoms with van der Waals surface area (Å²) in [5.74, 6) is 1.80. The summed E-state index contributed by atoms with van der Waals surface area (Å²) >= 11 is 0. The molecule has 1 saturated heterocycles. The SMILES string of the molecule is COCO[C@H]1[C@H]2c3cc4c(cc3CN3CCC(=C[C@@H]1OCOC)[C@H]23)OCO4. The van der Waals surface area contributed by atoms with Gasteiger partial charge in [-0.3, -0.25) is 4.90 Å². The number of hydrogen-bond donors (Lipinski definition) is 0. The van der Waals surface area contributed by atoms with Crippen molar-refractivity contribution in [2.45, 2.75) is 37.1 Å². The molecule has 0 aromatic heterocycles. The molecule has 1 aliphatic carbocycles. The topological polar surface area (TPSA) is 58.6 Å². The van der Waals surface area contributed by atoms with Crippen molar-refractivity contribution in [3.8, 4) is 11.5 Å². The van der Waals surface area contributed by atoms with Crippen molar-refractivity contribution in [3.05, 3.63) is 34.9 Å². The summed E-state index contributed by atoms with van der Waals surface area (Å²) < 4.78 is 33.8. The van der Waals surface area contributed by atoms with Gasteiger partial charge in [-0.25, -0.2) is 0 Å². The molecule has 1 aromatic rings. The van der Waals surface area contributed by atoms with Gasteiger partial charge in [0.05, 0.1) is 6.10 Å². The molecule has 1 fully saturated rings. The summed E-state index contributed by atoms with van der Waals surface area (Å²) in [6, 6.07) is 4.60. The molecule has 3 heterocycles. The molecule has 1 aromatic carbocycles. The number of rotatable bonds is 6. The molecule has 7 heteroatoms. The highest BCUT2D eigenvalue weighted by atomic mass is 16.7. The Morgan fingerprint density at radius 3 is 2.67 bits per heavy atom. The van der Waals surface area contributed by atoms with Crippen LogP contribution in [0.25, 0.3) is 0 Å². The lowest BCUT2D eigenvalue weighted by Crippen LogP contribution is -2.51. The van der Waals surface area contributed by atoms with E-state index in [0.717, 1.165) is 31.0 Å². The Kier molecular flexibility index (Phi) is 4.57. The Labute approximate surface area is 158 Å². The average molecular weight is 375 g/mol. The summed E-state index contributed by atoms with van der Waals surface area (Å²) in [6.07, 6.45) is 2.96. The summed E-state index contributed by atoms with van der Waals surface area (Å²) in [5, 5.41) is 0. The Morgan fingerprint density at radius 1 is 1.07 bits per heavy atom. The van der Waals surface area contributed by atoms with E-state index in [1.807, 2.05) is 0 Å². The standard InChI is InChI=1S/C20H25NO6/c1-22-9-24-17-5-12-3-4-21-8-13-6-15-16(26-11-25-15)7-14(13)18(19(12)21)20(17)27-10-23-2/h5-7,17-20H,3-4,8-11H2,1-2H3/t17-,18-,19+,20+/m0/s1. The fourth-order valence-electron chi connectivity index (χ4n) is 4.95. The second kappa shape index (κ2) is 7.07. The van der Waals surface area contributed by atoms with E-state index in [0.29, 0.717) is 6.04 Å². The Hall–Kier alpha value is -1.64. The second-order valence-corrected chi connectivity index (χ2v) is 7.41. The van der Waals surface area contributed by atoms with Gasteiger partial charge in [0.25, 0.3) is 0 Å². The maximum Gasteiger partial charge on any atom is 0.231 e. The second-order valence-electron chi connectivity index (χ2n) is 7.41. The maximum absolute atomic E-state index is 6.17. The van der Waals surface area contributed by atoms with E-state index in [9.17, 15) is 0 Å². The van der Waals surface area contributed by atoms with Crippen LogP contribution in [-0.2, 0) is 25.5 Å². The van der Waals surface area contributed by atoms with Crippen LogP contribution in [0, 0.1) is 0 Å². The molecule has 146 valence electrons. The van der Waals surface area contributed by atoms with Crippen LogP contribution in [0.2, 0.25) is 0 Å². The molecule has 0 N–H and O–H groups in total. The molecule has 0 saturated carbocycles. The molecule has 0 bridgehead atoms. The number of benzene rings is 1. The third-order valence-electron chi connectivity index (χ3n) is 5.98. The fourth-order valence-corrected chi connectivity index (χ4v) is 4.95. The number of hydrogen-bond acceptors (Lipinski definition) is 7. The van der Waals surface area contributed by atoms with Gasteiger partial charge in [0.2, 0.25) is 6.79 Å². The van der Waals surface area contributed by atoms with Crippen molar-refractivity contribution in [3.63, 3.8) is 0 Å². The third-order valence-corrected chi connectivity index (χ3v) is 5.98. The molecule has 3 aliphatic heterocycles. The van der Waals surface area contributed by atoms with Gasteiger partial charge < -0.3 is 28.4 Å². The molecular weight excluding hydrogens is 350 g/mol. The van der Waals surface area contributed by atoms with Gasteiger partial charge >= 0.3 is 0 Å². The van der Waals surface area contributed by atoms with Crippen LogP contribution < -0.4 is 9.47 Å². The Bertz CT molecular complexity index is 750. The minimum atomic E-state index is -0.173.